The van der Waals surface area contributed by atoms with E-state index in [1.807, 2.05) is 29.6 Å². The molecule has 4 nitrogen and oxygen atoms in total. The Morgan fingerprint density at radius 1 is 1.07 bits per heavy atom. The average molecular weight is 379 g/mol. The predicted molar refractivity (Wildman–Crippen MR) is 102 cm³/mol. The number of cyclic esters (lactones) is 1. The maximum absolute atomic E-state index is 13.8. The first-order chi connectivity index (χ1) is 13.2. The molecule has 2 heterocycles. The number of rotatable bonds is 5. The highest BCUT2D eigenvalue weighted by Crippen LogP contribution is 2.26. The standard InChI is InChI=1S/C21H14FNO3S/c22-16-8-3-1-7-15(16)13-25-18-9-4-2-6-14(18)12-17-21(24)26-20(23-17)19-10-5-11-27-19/h1-12H,13H2. The van der Waals surface area contributed by atoms with Gasteiger partial charge in [0, 0.05) is 11.1 Å². The fourth-order valence-corrected chi connectivity index (χ4v) is 3.21. The minimum Gasteiger partial charge on any atom is -0.488 e. The molecule has 0 unspecified atom stereocenters. The predicted octanol–water partition coefficient (Wildman–Crippen LogP) is 4.81. The van der Waals surface area contributed by atoms with Gasteiger partial charge < -0.3 is 9.47 Å². The molecule has 0 N–H and O–H groups in total. The van der Waals surface area contributed by atoms with Gasteiger partial charge in [-0.1, -0.05) is 42.5 Å². The maximum atomic E-state index is 13.8. The van der Waals surface area contributed by atoms with Crippen molar-refractivity contribution < 1.29 is 18.7 Å². The molecule has 0 atom stereocenters. The van der Waals surface area contributed by atoms with Crippen LogP contribution in [0.2, 0.25) is 0 Å². The Morgan fingerprint density at radius 2 is 1.89 bits per heavy atom. The second kappa shape index (κ2) is 7.55. The third kappa shape index (κ3) is 3.80. The SMILES string of the molecule is O=C1OC(c2cccs2)=NC1=Cc1ccccc1OCc1ccccc1F. The molecule has 0 fully saturated rings. The lowest BCUT2D eigenvalue weighted by atomic mass is 10.1. The van der Waals surface area contributed by atoms with E-state index in [-0.39, 0.29) is 18.1 Å². The topological polar surface area (TPSA) is 47.9 Å². The number of esters is 1. The number of carbonyl (C=O) groups is 1. The molecule has 4 rings (SSSR count). The zero-order valence-corrected chi connectivity index (χ0v) is 14.9. The van der Waals surface area contributed by atoms with Crippen molar-refractivity contribution in [1.82, 2.24) is 0 Å². The Balaban J connectivity index is 1.59. The smallest absolute Gasteiger partial charge is 0.363 e. The van der Waals surface area contributed by atoms with Crippen LogP contribution in [0.5, 0.6) is 5.75 Å². The molecule has 0 spiro atoms. The molecule has 1 aliphatic rings. The van der Waals surface area contributed by atoms with Gasteiger partial charge in [0.15, 0.2) is 5.70 Å². The summed E-state index contributed by atoms with van der Waals surface area (Å²) in [6.07, 6.45) is 1.61. The average Bonchev–Trinajstić information content (AvgIpc) is 3.33. The summed E-state index contributed by atoms with van der Waals surface area (Å²) in [5.41, 5.74) is 1.32. The van der Waals surface area contributed by atoms with Crippen LogP contribution in [0.4, 0.5) is 4.39 Å². The van der Waals surface area contributed by atoms with Gasteiger partial charge in [0.1, 0.15) is 18.2 Å². The van der Waals surface area contributed by atoms with Crippen LogP contribution >= 0.6 is 11.3 Å². The summed E-state index contributed by atoms with van der Waals surface area (Å²) in [5.74, 6) is -0.00737. The molecule has 0 saturated heterocycles. The number of para-hydroxylation sites is 1. The molecule has 0 amide bonds. The molecule has 1 aliphatic heterocycles. The van der Waals surface area contributed by atoms with Crippen molar-refractivity contribution in [3.63, 3.8) is 0 Å². The van der Waals surface area contributed by atoms with Crippen molar-refractivity contribution in [3.05, 3.63) is 93.6 Å². The Morgan fingerprint density at radius 3 is 2.70 bits per heavy atom. The molecule has 0 bridgehead atoms. The number of halogens is 1. The van der Waals surface area contributed by atoms with Crippen molar-refractivity contribution >= 4 is 29.3 Å². The van der Waals surface area contributed by atoms with Crippen LogP contribution in [-0.4, -0.2) is 11.9 Å². The summed E-state index contributed by atoms with van der Waals surface area (Å²) < 4.78 is 24.8. The highest BCUT2D eigenvalue weighted by atomic mass is 32.1. The number of nitrogens with zero attached hydrogens (tertiary/aromatic N) is 1. The molecule has 3 aromatic rings. The first-order valence-corrected chi connectivity index (χ1v) is 9.10. The van der Waals surface area contributed by atoms with Gasteiger partial charge in [0.25, 0.3) is 0 Å². The Labute approximate surface area is 159 Å². The summed E-state index contributed by atoms with van der Waals surface area (Å²) in [6.45, 7) is 0.0843. The lowest BCUT2D eigenvalue weighted by molar-refractivity contribution is -0.129. The first-order valence-electron chi connectivity index (χ1n) is 8.22. The van der Waals surface area contributed by atoms with Crippen molar-refractivity contribution in [2.75, 3.05) is 0 Å². The Hall–Kier alpha value is -3.25. The number of ether oxygens (including phenoxy) is 2. The number of aliphatic imine (C=N–C) groups is 1. The van der Waals surface area contributed by atoms with E-state index in [1.54, 1.807) is 36.4 Å². The van der Waals surface area contributed by atoms with E-state index in [4.69, 9.17) is 9.47 Å². The molecular formula is C21H14FNO3S. The van der Waals surface area contributed by atoms with Crippen LogP contribution in [0.3, 0.4) is 0 Å². The number of hydrogen-bond acceptors (Lipinski definition) is 5. The van der Waals surface area contributed by atoms with E-state index in [1.165, 1.54) is 17.4 Å². The van der Waals surface area contributed by atoms with Crippen molar-refractivity contribution in [2.45, 2.75) is 6.61 Å². The van der Waals surface area contributed by atoms with E-state index in [0.29, 0.717) is 22.8 Å². The van der Waals surface area contributed by atoms with Gasteiger partial charge in [0.05, 0.1) is 4.88 Å². The number of thiophene rings is 1. The Bertz CT molecular complexity index is 1040. The van der Waals surface area contributed by atoms with Crippen LogP contribution in [0.25, 0.3) is 6.08 Å². The van der Waals surface area contributed by atoms with Crippen LogP contribution in [0, 0.1) is 5.82 Å². The van der Waals surface area contributed by atoms with Gasteiger partial charge in [-0.15, -0.1) is 11.3 Å². The quantitative estimate of drug-likeness (QED) is 0.472. The van der Waals surface area contributed by atoms with Crippen molar-refractivity contribution in [3.8, 4) is 5.75 Å². The third-order valence-electron chi connectivity index (χ3n) is 3.90. The summed E-state index contributed by atoms with van der Waals surface area (Å²) in [5, 5.41) is 1.89. The summed E-state index contributed by atoms with van der Waals surface area (Å²) in [6, 6.07) is 17.3. The summed E-state index contributed by atoms with van der Waals surface area (Å²) in [7, 11) is 0. The van der Waals surface area contributed by atoms with Gasteiger partial charge in [-0.25, -0.2) is 14.2 Å². The van der Waals surface area contributed by atoms with E-state index < -0.39 is 5.97 Å². The van der Waals surface area contributed by atoms with Crippen LogP contribution in [-0.2, 0) is 16.1 Å². The lowest BCUT2D eigenvalue weighted by Gasteiger charge is -2.10. The molecule has 0 saturated carbocycles. The normalized spacial score (nSPS) is 14.9. The monoisotopic (exact) mass is 379 g/mol. The largest absolute Gasteiger partial charge is 0.488 e. The van der Waals surface area contributed by atoms with Crippen LogP contribution in [0.1, 0.15) is 16.0 Å². The van der Waals surface area contributed by atoms with Crippen molar-refractivity contribution in [2.24, 2.45) is 4.99 Å². The van der Waals surface area contributed by atoms with Gasteiger partial charge in [-0.3, -0.25) is 0 Å². The fourth-order valence-electron chi connectivity index (χ4n) is 2.56. The summed E-state index contributed by atoms with van der Waals surface area (Å²) in [4.78, 5) is 17.2. The second-order valence-electron chi connectivity index (χ2n) is 5.73. The number of hydrogen-bond donors (Lipinski definition) is 0. The highest BCUT2D eigenvalue weighted by molar-refractivity contribution is 7.12. The molecule has 6 heteroatoms. The van der Waals surface area contributed by atoms with Crippen LogP contribution < -0.4 is 4.74 Å². The maximum Gasteiger partial charge on any atom is 0.363 e. The highest BCUT2D eigenvalue weighted by Gasteiger charge is 2.25. The summed E-state index contributed by atoms with van der Waals surface area (Å²) >= 11 is 1.45. The van der Waals surface area contributed by atoms with Gasteiger partial charge in [0.2, 0.25) is 5.90 Å². The molecule has 1 aromatic heterocycles. The molecular weight excluding hydrogens is 365 g/mol. The van der Waals surface area contributed by atoms with Gasteiger partial charge in [-0.05, 0) is 29.7 Å². The minimum absolute atomic E-state index is 0.0843. The van der Waals surface area contributed by atoms with Crippen LogP contribution in [0.15, 0.2) is 76.7 Å². The van der Waals surface area contributed by atoms with Gasteiger partial charge >= 0.3 is 5.97 Å². The molecule has 0 aliphatic carbocycles. The zero-order chi connectivity index (χ0) is 18.6. The Kier molecular flexibility index (Phi) is 4.80. The molecule has 2 aromatic carbocycles. The number of benzene rings is 2. The van der Waals surface area contributed by atoms with Gasteiger partial charge in [-0.2, -0.15) is 0 Å². The van der Waals surface area contributed by atoms with E-state index in [9.17, 15) is 9.18 Å². The minimum atomic E-state index is -0.512. The molecule has 27 heavy (non-hydrogen) atoms. The zero-order valence-electron chi connectivity index (χ0n) is 14.1. The van der Waals surface area contributed by atoms with E-state index in [0.717, 1.165) is 4.88 Å². The van der Waals surface area contributed by atoms with E-state index in [2.05, 4.69) is 4.99 Å². The third-order valence-corrected chi connectivity index (χ3v) is 4.76. The second-order valence-corrected chi connectivity index (χ2v) is 6.68. The van der Waals surface area contributed by atoms with E-state index >= 15 is 0 Å². The number of carbonyl (C=O) groups excluding carboxylic acids is 1. The molecule has 0 radical (unpaired) electrons. The van der Waals surface area contributed by atoms with Crippen molar-refractivity contribution in [1.29, 1.82) is 0 Å². The fraction of sp³-hybridized carbons (Fsp3) is 0.0476. The lowest BCUT2D eigenvalue weighted by Crippen LogP contribution is -2.03. The first kappa shape index (κ1) is 17.2. The molecule has 134 valence electrons.